The molecule has 1 heterocycles. The molecule has 0 aliphatic carbocycles. The Morgan fingerprint density at radius 2 is 1.96 bits per heavy atom. The van der Waals surface area contributed by atoms with Gasteiger partial charge >= 0.3 is 0 Å². The van der Waals surface area contributed by atoms with Crippen LogP contribution < -0.4 is 10.1 Å². The van der Waals surface area contributed by atoms with Gasteiger partial charge in [0.15, 0.2) is 0 Å². The molecule has 0 atom stereocenters. The molecule has 0 radical (unpaired) electrons. The molecule has 5 heteroatoms. The number of hydrogen-bond donors (Lipinski definition) is 1. The third kappa shape index (κ3) is 6.11. The van der Waals surface area contributed by atoms with Gasteiger partial charge in [-0.15, -0.1) is 0 Å². The molecule has 0 saturated carbocycles. The van der Waals surface area contributed by atoms with Crippen LogP contribution in [0.15, 0.2) is 54.4 Å². The summed E-state index contributed by atoms with van der Waals surface area (Å²) in [5, 5.41) is 11.9. The van der Waals surface area contributed by atoms with Crippen LogP contribution in [0.3, 0.4) is 0 Å². The number of pyridine rings is 1. The molecule has 1 aromatic heterocycles. The topological polar surface area (TPSA) is 75.0 Å². The zero-order valence-electron chi connectivity index (χ0n) is 14.2. The summed E-state index contributed by atoms with van der Waals surface area (Å²) >= 11 is 0. The zero-order valence-corrected chi connectivity index (χ0v) is 14.2. The fraction of sp³-hybridized carbons (Fsp3) is 0.250. The minimum Gasteiger partial charge on any atom is -0.489 e. The van der Waals surface area contributed by atoms with Crippen molar-refractivity contribution in [2.24, 2.45) is 0 Å². The summed E-state index contributed by atoms with van der Waals surface area (Å²) in [5.74, 6) is 0.383. The number of nitrogens with one attached hydrogen (secondary N) is 1. The van der Waals surface area contributed by atoms with Gasteiger partial charge in [-0.3, -0.25) is 9.78 Å². The molecule has 0 saturated heterocycles. The summed E-state index contributed by atoms with van der Waals surface area (Å²) in [7, 11) is 0. The van der Waals surface area contributed by atoms with Crippen molar-refractivity contribution in [1.82, 2.24) is 10.3 Å². The molecular formula is C20H21N3O2. The monoisotopic (exact) mass is 335 g/mol. The van der Waals surface area contributed by atoms with Crippen molar-refractivity contribution in [2.75, 3.05) is 6.54 Å². The van der Waals surface area contributed by atoms with E-state index in [1.54, 1.807) is 18.5 Å². The summed E-state index contributed by atoms with van der Waals surface area (Å²) in [4.78, 5) is 15.9. The highest BCUT2D eigenvalue weighted by atomic mass is 16.5. The summed E-state index contributed by atoms with van der Waals surface area (Å²) in [6, 6.07) is 13.0. The molecule has 2 aromatic rings. The average Bonchev–Trinajstić information content (AvgIpc) is 2.66. The van der Waals surface area contributed by atoms with Gasteiger partial charge in [0.1, 0.15) is 24.0 Å². The van der Waals surface area contributed by atoms with Crippen molar-refractivity contribution < 1.29 is 9.53 Å². The number of rotatable bonds is 8. The van der Waals surface area contributed by atoms with Crippen molar-refractivity contribution >= 4 is 12.0 Å². The summed E-state index contributed by atoms with van der Waals surface area (Å²) in [5.41, 5.74) is 1.91. The van der Waals surface area contributed by atoms with Crippen LogP contribution in [0.25, 0.3) is 6.08 Å². The lowest BCUT2D eigenvalue weighted by molar-refractivity contribution is -0.117. The first-order valence-electron chi connectivity index (χ1n) is 8.24. The van der Waals surface area contributed by atoms with Crippen LogP contribution in [0.1, 0.15) is 30.9 Å². The average molecular weight is 335 g/mol. The largest absolute Gasteiger partial charge is 0.489 e. The Balaban J connectivity index is 1.95. The van der Waals surface area contributed by atoms with Crippen molar-refractivity contribution in [3.8, 4) is 11.8 Å². The highest BCUT2D eigenvalue weighted by molar-refractivity contribution is 6.01. The van der Waals surface area contributed by atoms with Crippen LogP contribution in [0.2, 0.25) is 0 Å². The highest BCUT2D eigenvalue weighted by Crippen LogP contribution is 2.16. The van der Waals surface area contributed by atoms with Crippen LogP contribution >= 0.6 is 0 Å². The first kappa shape index (κ1) is 18.2. The Labute approximate surface area is 148 Å². The van der Waals surface area contributed by atoms with E-state index in [4.69, 9.17) is 4.74 Å². The number of carbonyl (C=O) groups is 1. The summed E-state index contributed by atoms with van der Waals surface area (Å²) in [6.45, 7) is 3.09. The smallest absolute Gasteiger partial charge is 0.261 e. The van der Waals surface area contributed by atoms with E-state index >= 15 is 0 Å². The number of ether oxygens (including phenoxy) is 1. The van der Waals surface area contributed by atoms with Crippen molar-refractivity contribution in [1.29, 1.82) is 5.26 Å². The van der Waals surface area contributed by atoms with Crippen LogP contribution in [0.5, 0.6) is 5.75 Å². The number of amides is 1. The van der Waals surface area contributed by atoms with E-state index in [0.29, 0.717) is 13.2 Å². The predicted molar refractivity (Wildman–Crippen MR) is 96.5 cm³/mol. The lowest BCUT2D eigenvalue weighted by Gasteiger charge is -2.06. The van der Waals surface area contributed by atoms with Gasteiger partial charge < -0.3 is 10.1 Å². The fourth-order valence-electron chi connectivity index (χ4n) is 2.10. The first-order valence-corrected chi connectivity index (χ1v) is 8.24. The lowest BCUT2D eigenvalue weighted by Crippen LogP contribution is -2.25. The number of aromatic nitrogens is 1. The SMILES string of the molecule is CCCCNC(=O)/C(C#N)=C/c1ccc(OCc2ccncc2)cc1. The summed E-state index contributed by atoms with van der Waals surface area (Å²) in [6.07, 6.45) is 6.91. The molecule has 0 aliphatic rings. The van der Waals surface area contributed by atoms with Gasteiger partial charge in [-0.05, 0) is 47.9 Å². The normalized spacial score (nSPS) is 10.8. The van der Waals surface area contributed by atoms with Gasteiger partial charge in [-0.1, -0.05) is 25.5 Å². The third-order valence-corrected chi connectivity index (χ3v) is 3.53. The molecule has 0 aliphatic heterocycles. The molecule has 0 spiro atoms. The fourth-order valence-corrected chi connectivity index (χ4v) is 2.10. The first-order chi connectivity index (χ1) is 12.2. The minimum atomic E-state index is -0.339. The summed E-state index contributed by atoms with van der Waals surface area (Å²) < 4.78 is 5.70. The quantitative estimate of drug-likeness (QED) is 0.455. The second kappa shape index (κ2) is 9.89. The van der Waals surface area contributed by atoms with Crippen LogP contribution in [-0.2, 0) is 11.4 Å². The van der Waals surface area contributed by atoms with Gasteiger partial charge in [0.05, 0.1) is 0 Å². The molecule has 25 heavy (non-hydrogen) atoms. The van der Waals surface area contributed by atoms with Crippen molar-refractivity contribution in [3.63, 3.8) is 0 Å². The Morgan fingerprint density at radius 1 is 1.24 bits per heavy atom. The predicted octanol–water partition coefficient (Wildman–Crippen LogP) is 3.48. The third-order valence-electron chi connectivity index (χ3n) is 3.53. The maximum atomic E-state index is 11.9. The van der Waals surface area contributed by atoms with Crippen molar-refractivity contribution in [3.05, 3.63) is 65.5 Å². The Hall–Kier alpha value is -3.13. The molecule has 1 aromatic carbocycles. The molecule has 0 bridgehead atoms. The van der Waals surface area contributed by atoms with E-state index in [1.807, 2.05) is 49.4 Å². The van der Waals surface area contributed by atoms with Gasteiger partial charge in [-0.2, -0.15) is 5.26 Å². The number of nitrogens with zero attached hydrogens (tertiary/aromatic N) is 2. The molecule has 128 valence electrons. The number of carbonyl (C=O) groups excluding carboxylic acids is 1. The molecule has 5 nitrogen and oxygen atoms in total. The number of unbranched alkanes of at least 4 members (excludes halogenated alkanes) is 1. The molecule has 1 N–H and O–H groups in total. The van der Waals surface area contributed by atoms with E-state index in [-0.39, 0.29) is 11.5 Å². The van der Waals surface area contributed by atoms with Gasteiger partial charge in [-0.25, -0.2) is 0 Å². The molecule has 1 amide bonds. The Kier molecular flexibility index (Phi) is 7.20. The second-order valence-corrected chi connectivity index (χ2v) is 5.49. The van der Waals surface area contributed by atoms with Gasteiger partial charge in [0, 0.05) is 18.9 Å². The molecule has 2 rings (SSSR count). The molecule has 0 unspecified atom stereocenters. The highest BCUT2D eigenvalue weighted by Gasteiger charge is 2.08. The van der Waals surface area contributed by atoms with Crippen LogP contribution in [-0.4, -0.2) is 17.4 Å². The van der Waals surface area contributed by atoms with Gasteiger partial charge in [0.25, 0.3) is 5.91 Å². The maximum absolute atomic E-state index is 11.9. The standard InChI is InChI=1S/C20H21N3O2/c1-2-3-10-23-20(24)18(14-21)13-16-4-6-19(7-5-16)25-15-17-8-11-22-12-9-17/h4-9,11-13H,2-3,10,15H2,1H3,(H,23,24)/b18-13+. The van der Waals surface area contributed by atoms with E-state index in [0.717, 1.165) is 29.7 Å². The zero-order chi connectivity index (χ0) is 17.9. The minimum absolute atomic E-state index is 0.0987. The van der Waals surface area contributed by atoms with E-state index < -0.39 is 0 Å². The van der Waals surface area contributed by atoms with Crippen LogP contribution in [0, 0.1) is 11.3 Å². The van der Waals surface area contributed by atoms with Gasteiger partial charge in [0.2, 0.25) is 0 Å². The number of hydrogen-bond acceptors (Lipinski definition) is 4. The maximum Gasteiger partial charge on any atom is 0.261 e. The second-order valence-electron chi connectivity index (χ2n) is 5.49. The van der Waals surface area contributed by atoms with Crippen LogP contribution in [0.4, 0.5) is 0 Å². The molecular weight excluding hydrogens is 314 g/mol. The van der Waals surface area contributed by atoms with E-state index in [9.17, 15) is 10.1 Å². The Morgan fingerprint density at radius 3 is 2.60 bits per heavy atom. The number of nitriles is 1. The van der Waals surface area contributed by atoms with E-state index in [1.165, 1.54) is 0 Å². The lowest BCUT2D eigenvalue weighted by atomic mass is 10.1. The van der Waals surface area contributed by atoms with E-state index in [2.05, 4.69) is 10.3 Å². The Bertz CT molecular complexity index is 747. The molecule has 0 fully saturated rings. The van der Waals surface area contributed by atoms with Crippen molar-refractivity contribution in [2.45, 2.75) is 26.4 Å². The number of benzene rings is 1.